The molecule has 5 nitrogen and oxygen atoms in total. The van der Waals surface area contributed by atoms with Crippen molar-refractivity contribution < 1.29 is 9.84 Å². The van der Waals surface area contributed by atoms with E-state index in [1.165, 1.54) is 11.1 Å². The lowest BCUT2D eigenvalue weighted by Crippen LogP contribution is -2.38. The van der Waals surface area contributed by atoms with Gasteiger partial charge in [-0.25, -0.2) is 4.98 Å². The minimum absolute atomic E-state index is 0.280. The van der Waals surface area contributed by atoms with Gasteiger partial charge in [0.25, 0.3) is 0 Å². The maximum atomic E-state index is 10.5. The Hall–Kier alpha value is -3.15. The van der Waals surface area contributed by atoms with Crippen LogP contribution in [-0.4, -0.2) is 45.4 Å². The normalized spacial score (nSPS) is 15.0. The average molecular weight is 414 g/mol. The van der Waals surface area contributed by atoms with E-state index in [1.54, 1.807) is 0 Å². The summed E-state index contributed by atoms with van der Waals surface area (Å²) in [6.45, 7) is 2.76. The number of fused-ring (bicyclic) bond motifs is 2. The van der Waals surface area contributed by atoms with E-state index in [-0.39, 0.29) is 6.61 Å². The monoisotopic (exact) mass is 413 g/mol. The number of hydrogen-bond acceptors (Lipinski definition) is 4. The van der Waals surface area contributed by atoms with Crippen molar-refractivity contribution in [3.05, 3.63) is 84.2 Å². The fraction of sp³-hybridized carbons (Fsp3) is 0.269. The van der Waals surface area contributed by atoms with E-state index in [0.29, 0.717) is 6.54 Å². The van der Waals surface area contributed by atoms with Crippen LogP contribution in [0.25, 0.3) is 22.2 Å². The molecule has 1 aromatic heterocycles. The molecule has 31 heavy (non-hydrogen) atoms. The molecule has 4 aromatic rings. The predicted octanol–water partition coefficient (Wildman–Crippen LogP) is 4.04. The van der Waals surface area contributed by atoms with Gasteiger partial charge in [-0.3, -0.25) is 4.90 Å². The van der Waals surface area contributed by atoms with E-state index in [0.717, 1.165) is 47.4 Å². The first-order chi connectivity index (χ1) is 15.2. The number of aliphatic hydroxyl groups excluding tert-OH is 1. The van der Waals surface area contributed by atoms with E-state index < -0.39 is 6.10 Å². The molecule has 1 atom stereocenters. The summed E-state index contributed by atoms with van der Waals surface area (Å²) in [5.74, 6) is 0.769. The highest BCUT2D eigenvalue weighted by molar-refractivity contribution is 5.82. The Balaban J connectivity index is 1.21. The molecule has 1 N–H and O–H groups in total. The zero-order chi connectivity index (χ0) is 21.2. The number of aliphatic hydroxyl groups is 1. The maximum Gasteiger partial charge on any atom is 0.120 e. The smallest absolute Gasteiger partial charge is 0.120 e. The summed E-state index contributed by atoms with van der Waals surface area (Å²) in [7, 11) is 2.00. The number of aryl methyl sites for hydroxylation is 1. The van der Waals surface area contributed by atoms with Gasteiger partial charge >= 0.3 is 0 Å². The second-order valence-corrected chi connectivity index (χ2v) is 8.31. The van der Waals surface area contributed by atoms with Gasteiger partial charge in [0.05, 0.1) is 17.4 Å². The Labute approximate surface area is 182 Å². The summed E-state index contributed by atoms with van der Waals surface area (Å²) in [6, 6.07) is 22.9. The zero-order valence-electron chi connectivity index (χ0n) is 17.7. The first-order valence-electron chi connectivity index (χ1n) is 10.8. The van der Waals surface area contributed by atoms with Crippen molar-refractivity contribution in [1.82, 2.24) is 14.5 Å². The van der Waals surface area contributed by atoms with Crippen molar-refractivity contribution in [2.75, 3.05) is 19.7 Å². The highest BCUT2D eigenvalue weighted by Crippen LogP contribution is 2.27. The lowest BCUT2D eigenvalue weighted by molar-refractivity contribution is 0.0638. The maximum absolute atomic E-state index is 10.5. The van der Waals surface area contributed by atoms with Crippen molar-refractivity contribution in [3.8, 4) is 16.9 Å². The molecule has 0 amide bonds. The average Bonchev–Trinajstić information content (AvgIpc) is 3.18. The fourth-order valence-corrected chi connectivity index (χ4v) is 4.32. The summed E-state index contributed by atoms with van der Waals surface area (Å²) in [6.07, 6.45) is 2.34. The fourth-order valence-electron chi connectivity index (χ4n) is 4.32. The van der Waals surface area contributed by atoms with Crippen LogP contribution in [0.15, 0.2) is 73.1 Å². The van der Waals surface area contributed by atoms with Crippen molar-refractivity contribution in [2.24, 2.45) is 7.05 Å². The topological polar surface area (TPSA) is 50.5 Å². The molecule has 2 heterocycles. The molecule has 0 saturated carbocycles. The number of rotatable bonds is 6. The molecule has 3 aromatic carbocycles. The molecular weight excluding hydrogens is 386 g/mol. The van der Waals surface area contributed by atoms with Gasteiger partial charge in [0.15, 0.2) is 0 Å². The van der Waals surface area contributed by atoms with Crippen LogP contribution in [0.4, 0.5) is 0 Å². The summed E-state index contributed by atoms with van der Waals surface area (Å²) in [5, 5.41) is 10.5. The molecule has 0 spiro atoms. The lowest BCUT2D eigenvalue weighted by atomic mass is 10.00. The van der Waals surface area contributed by atoms with Gasteiger partial charge < -0.3 is 14.4 Å². The van der Waals surface area contributed by atoms with Crippen LogP contribution in [0.2, 0.25) is 0 Å². The Bertz CT molecular complexity index is 1200. The van der Waals surface area contributed by atoms with Crippen LogP contribution < -0.4 is 4.74 Å². The zero-order valence-corrected chi connectivity index (χ0v) is 17.7. The van der Waals surface area contributed by atoms with Gasteiger partial charge in [-0.2, -0.15) is 0 Å². The van der Waals surface area contributed by atoms with E-state index in [9.17, 15) is 5.11 Å². The van der Waals surface area contributed by atoms with Gasteiger partial charge in [-0.05, 0) is 52.9 Å². The summed E-state index contributed by atoms with van der Waals surface area (Å²) in [4.78, 5) is 6.69. The van der Waals surface area contributed by atoms with E-state index in [2.05, 4.69) is 52.3 Å². The SMILES string of the molecule is Cn1cnc2ccc(-c3cccc(OCC(O)CN4CCc5ccccc5C4)c3)cc21. The predicted molar refractivity (Wildman–Crippen MR) is 123 cm³/mol. The number of benzene rings is 3. The largest absolute Gasteiger partial charge is 0.491 e. The van der Waals surface area contributed by atoms with Crippen molar-refractivity contribution in [1.29, 1.82) is 0 Å². The highest BCUT2D eigenvalue weighted by Gasteiger charge is 2.18. The van der Waals surface area contributed by atoms with Crippen molar-refractivity contribution in [3.63, 3.8) is 0 Å². The van der Waals surface area contributed by atoms with Crippen LogP contribution in [0.5, 0.6) is 5.75 Å². The van der Waals surface area contributed by atoms with Crippen molar-refractivity contribution in [2.45, 2.75) is 19.1 Å². The summed E-state index contributed by atoms with van der Waals surface area (Å²) >= 11 is 0. The highest BCUT2D eigenvalue weighted by atomic mass is 16.5. The Morgan fingerprint density at radius 2 is 1.84 bits per heavy atom. The second kappa shape index (κ2) is 8.53. The van der Waals surface area contributed by atoms with Gasteiger partial charge in [-0.15, -0.1) is 0 Å². The minimum Gasteiger partial charge on any atom is -0.491 e. The van der Waals surface area contributed by atoms with E-state index >= 15 is 0 Å². The Morgan fingerprint density at radius 1 is 1.00 bits per heavy atom. The summed E-state index contributed by atoms with van der Waals surface area (Å²) in [5.41, 5.74) is 7.08. The standard InChI is InChI=1S/C26H27N3O2/c1-28-18-27-25-10-9-21(14-26(25)28)20-7-4-8-24(13-20)31-17-23(30)16-29-12-11-19-5-2-3-6-22(19)15-29/h2-10,13-14,18,23,30H,11-12,15-17H2,1H3. The van der Waals surface area contributed by atoms with Gasteiger partial charge in [0.2, 0.25) is 0 Å². The van der Waals surface area contributed by atoms with Crippen LogP contribution in [0, 0.1) is 0 Å². The number of nitrogens with zero attached hydrogens (tertiary/aromatic N) is 3. The third kappa shape index (κ3) is 4.33. The molecule has 5 rings (SSSR count). The number of ether oxygens (including phenoxy) is 1. The molecule has 0 bridgehead atoms. The first-order valence-corrected chi connectivity index (χ1v) is 10.8. The Morgan fingerprint density at radius 3 is 2.74 bits per heavy atom. The van der Waals surface area contributed by atoms with Crippen LogP contribution in [0.1, 0.15) is 11.1 Å². The van der Waals surface area contributed by atoms with Gasteiger partial charge in [-0.1, -0.05) is 42.5 Å². The van der Waals surface area contributed by atoms with Gasteiger partial charge in [0, 0.05) is 26.7 Å². The molecule has 1 unspecified atom stereocenters. The van der Waals surface area contributed by atoms with Crippen LogP contribution in [0.3, 0.4) is 0 Å². The van der Waals surface area contributed by atoms with Crippen molar-refractivity contribution >= 4 is 11.0 Å². The number of β-amino-alcohol motifs (C(OH)–C–C–N with tert-alkyl or cyclic N) is 1. The molecule has 1 aliphatic heterocycles. The quantitative estimate of drug-likeness (QED) is 0.518. The molecule has 0 radical (unpaired) electrons. The molecule has 158 valence electrons. The lowest BCUT2D eigenvalue weighted by Gasteiger charge is -2.30. The number of hydrogen-bond donors (Lipinski definition) is 1. The molecular formula is C26H27N3O2. The van der Waals surface area contributed by atoms with Crippen LogP contribution in [-0.2, 0) is 20.0 Å². The molecule has 0 saturated heterocycles. The molecule has 0 fully saturated rings. The van der Waals surface area contributed by atoms with E-state index in [1.807, 2.05) is 42.2 Å². The first kappa shape index (κ1) is 19.8. The minimum atomic E-state index is -0.528. The molecule has 0 aliphatic carbocycles. The second-order valence-electron chi connectivity index (χ2n) is 8.31. The van der Waals surface area contributed by atoms with Crippen LogP contribution >= 0.6 is 0 Å². The third-order valence-electron chi connectivity index (χ3n) is 6.01. The van der Waals surface area contributed by atoms with E-state index in [4.69, 9.17) is 4.74 Å². The molecule has 1 aliphatic rings. The molecule has 5 heteroatoms. The Kier molecular flexibility index (Phi) is 5.45. The third-order valence-corrected chi connectivity index (χ3v) is 6.01. The number of aromatic nitrogens is 2. The summed E-state index contributed by atoms with van der Waals surface area (Å²) < 4.78 is 7.97. The number of imidazole rings is 1. The van der Waals surface area contributed by atoms with Gasteiger partial charge in [0.1, 0.15) is 18.5 Å².